The number of hydrogen-bond acceptors (Lipinski definition) is 1. The van der Waals surface area contributed by atoms with Crippen LogP contribution >= 0.6 is 0 Å². The molecule has 1 heterocycles. The van der Waals surface area contributed by atoms with Gasteiger partial charge in [0.25, 0.3) is 0 Å². The maximum absolute atomic E-state index is 4.77. The van der Waals surface area contributed by atoms with Gasteiger partial charge in [-0.05, 0) is 55.0 Å². The van der Waals surface area contributed by atoms with E-state index in [1.807, 2.05) is 0 Å². The molecular formula is C16H17N. The van der Waals surface area contributed by atoms with Crippen molar-refractivity contribution in [2.24, 2.45) is 0 Å². The molecule has 0 atom stereocenters. The molecule has 0 amide bonds. The predicted molar refractivity (Wildman–Crippen MR) is 70.5 cm³/mol. The summed E-state index contributed by atoms with van der Waals surface area (Å²) in [5.41, 5.74) is 9.60. The maximum Gasteiger partial charge on any atom is 0.0488 e. The summed E-state index contributed by atoms with van der Waals surface area (Å²) in [4.78, 5) is 4.77. The third kappa shape index (κ3) is 1.57. The molecule has 0 fully saturated rings. The summed E-state index contributed by atoms with van der Waals surface area (Å²) in [6, 6.07) is 8.72. The van der Waals surface area contributed by atoms with Crippen LogP contribution in [0.25, 0.3) is 0 Å². The number of pyridine rings is 1. The van der Waals surface area contributed by atoms with Crippen molar-refractivity contribution in [3.05, 3.63) is 63.5 Å². The van der Waals surface area contributed by atoms with E-state index in [4.69, 9.17) is 4.98 Å². The standard InChI is InChI=1S/C16H17N/c1-10-11(2)15-8-13-6-4-5-7-14(13)9-16(15)17-12(10)3/h4-7H,8-9H2,1-3H3. The van der Waals surface area contributed by atoms with E-state index in [2.05, 4.69) is 45.0 Å². The predicted octanol–water partition coefficient (Wildman–Crippen LogP) is 3.50. The van der Waals surface area contributed by atoms with Crippen LogP contribution in [0.3, 0.4) is 0 Å². The van der Waals surface area contributed by atoms with Crippen LogP contribution in [0.2, 0.25) is 0 Å². The Morgan fingerprint density at radius 3 is 2.24 bits per heavy atom. The Bertz CT molecular complexity index is 597. The van der Waals surface area contributed by atoms with E-state index in [9.17, 15) is 0 Å². The zero-order valence-corrected chi connectivity index (χ0v) is 10.7. The fourth-order valence-corrected chi connectivity index (χ4v) is 2.72. The van der Waals surface area contributed by atoms with Gasteiger partial charge in [0.1, 0.15) is 0 Å². The molecule has 0 aliphatic heterocycles. The number of aryl methyl sites for hydroxylation is 1. The summed E-state index contributed by atoms with van der Waals surface area (Å²) < 4.78 is 0. The van der Waals surface area contributed by atoms with Crippen molar-refractivity contribution < 1.29 is 0 Å². The topological polar surface area (TPSA) is 12.9 Å². The number of nitrogens with zero attached hydrogens (tertiary/aromatic N) is 1. The minimum absolute atomic E-state index is 0.994. The van der Waals surface area contributed by atoms with Gasteiger partial charge in [-0.1, -0.05) is 24.3 Å². The number of rotatable bonds is 0. The number of aromatic nitrogens is 1. The lowest BCUT2D eigenvalue weighted by molar-refractivity contribution is 0.900. The van der Waals surface area contributed by atoms with Crippen molar-refractivity contribution in [2.75, 3.05) is 0 Å². The molecule has 0 saturated heterocycles. The van der Waals surface area contributed by atoms with Gasteiger partial charge in [0, 0.05) is 17.8 Å². The first-order valence-electron chi connectivity index (χ1n) is 6.19. The van der Waals surface area contributed by atoms with E-state index in [1.54, 1.807) is 0 Å². The molecule has 86 valence electrons. The highest BCUT2D eigenvalue weighted by Gasteiger charge is 2.19. The summed E-state index contributed by atoms with van der Waals surface area (Å²) in [5.74, 6) is 0. The van der Waals surface area contributed by atoms with E-state index in [0.717, 1.165) is 12.8 Å². The summed E-state index contributed by atoms with van der Waals surface area (Å²) in [6.45, 7) is 6.53. The Morgan fingerprint density at radius 2 is 1.53 bits per heavy atom. The molecule has 1 aromatic carbocycles. The largest absolute Gasteiger partial charge is 0.257 e. The number of fused-ring (bicyclic) bond motifs is 2. The number of hydrogen-bond donors (Lipinski definition) is 0. The van der Waals surface area contributed by atoms with Crippen LogP contribution in [0.5, 0.6) is 0 Å². The highest BCUT2D eigenvalue weighted by atomic mass is 14.7. The van der Waals surface area contributed by atoms with Crippen LogP contribution in [-0.2, 0) is 12.8 Å². The van der Waals surface area contributed by atoms with Crippen LogP contribution in [0.1, 0.15) is 39.2 Å². The van der Waals surface area contributed by atoms with Crippen molar-refractivity contribution in [3.8, 4) is 0 Å². The fraction of sp³-hybridized carbons (Fsp3) is 0.312. The minimum atomic E-state index is 0.994. The molecule has 3 rings (SSSR count). The molecule has 0 spiro atoms. The third-order valence-electron chi connectivity index (χ3n) is 4.05. The van der Waals surface area contributed by atoms with Gasteiger partial charge in [0.2, 0.25) is 0 Å². The van der Waals surface area contributed by atoms with E-state index in [-0.39, 0.29) is 0 Å². The summed E-state index contributed by atoms with van der Waals surface area (Å²) in [7, 11) is 0. The van der Waals surface area contributed by atoms with Gasteiger partial charge in [-0.3, -0.25) is 4.98 Å². The van der Waals surface area contributed by atoms with Crippen LogP contribution in [0.4, 0.5) is 0 Å². The fourth-order valence-electron chi connectivity index (χ4n) is 2.72. The quantitative estimate of drug-likeness (QED) is 0.568. The molecule has 17 heavy (non-hydrogen) atoms. The van der Waals surface area contributed by atoms with Gasteiger partial charge in [0.05, 0.1) is 0 Å². The van der Waals surface area contributed by atoms with Gasteiger partial charge in [-0.2, -0.15) is 0 Å². The number of benzene rings is 1. The van der Waals surface area contributed by atoms with E-state index < -0.39 is 0 Å². The van der Waals surface area contributed by atoms with Crippen molar-refractivity contribution in [2.45, 2.75) is 33.6 Å². The maximum atomic E-state index is 4.77. The second kappa shape index (κ2) is 3.69. The van der Waals surface area contributed by atoms with Crippen molar-refractivity contribution >= 4 is 0 Å². The monoisotopic (exact) mass is 223 g/mol. The van der Waals surface area contributed by atoms with Crippen molar-refractivity contribution in [3.63, 3.8) is 0 Å². The first-order chi connectivity index (χ1) is 8.16. The van der Waals surface area contributed by atoms with E-state index >= 15 is 0 Å². The average molecular weight is 223 g/mol. The molecule has 1 heteroatoms. The molecule has 0 radical (unpaired) electrons. The van der Waals surface area contributed by atoms with Gasteiger partial charge in [-0.25, -0.2) is 0 Å². The lowest BCUT2D eigenvalue weighted by Gasteiger charge is -2.22. The van der Waals surface area contributed by atoms with Crippen molar-refractivity contribution in [1.29, 1.82) is 0 Å². The van der Waals surface area contributed by atoms with Gasteiger partial charge in [0.15, 0.2) is 0 Å². The third-order valence-corrected chi connectivity index (χ3v) is 4.05. The normalized spacial score (nSPS) is 13.1. The molecule has 1 nitrogen and oxygen atoms in total. The summed E-state index contributed by atoms with van der Waals surface area (Å²) in [6.07, 6.45) is 2.04. The molecule has 1 aliphatic rings. The molecular weight excluding hydrogens is 206 g/mol. The first-order valence-corrected chi connectivity index (χ1v) is 6.19. The van der Waals surface area contributed by atoms with E-state index in [1.165, 1.54) is 39.2 Å². The smallest absolute Gasteiger partial charge is 0.0488 e. The Kier molecular flexibility index (Phi) is 2.29. The minimum Gasteiger partial charge on any atom is -0.257 e. The molecule has 1 aromatic heterocycles. The molecule has 0 bridgehead atoms. The Balaban J connectivity index is 2.18. The lowest BCUT2D eigenvalue weighted by atomic mass is 9.85. The molecule has 0 N–H and O–H groups in total. The van der Waals surface area contributed by atoms with E-state index in [0.29, 0.717) is 0 Å². The van der Waals surface area contributed by atoms with Crippen LogP contribution in [0.15, 0.2) is 24.3 Å². The average Bonchev–Trinajstić information content (AvgIpc) is 2.34. The SMILES string of the molecule is Cc1nc2c(c(C)c1C)Cc1ccccc1C2. The van der Waals surface area contributed by atoms with Crippen molar-refractivity contribution in [1.82, 2.24) is 4.98 Å². The van der Waals surface area contributed by atoms with Gasteiger partial charge in [-0.15, -0.1) is 0 Å². The van der Waals surface area contributed by atoms with Crippen LogP contribution in [-0.4, -0.2) is 4.98 Å². The highest BCUT2D eigenvalue weighted by Crippen LogP contribution is 2.29. The van der Waals surface area contributed by atoms with Crippen LogP contribution < -0.4 is 0 Å². The second-order valence-corrected chi connectivity index (χ2v) is 4.99. The van der Waals surface area contributed by atoms with Gasteiger partial charge >= 0.3 is 0 Å². The zero-order valence-electron chi connectivity index (χ0n) is 10.7. The summed E-state index contributed by atoms with van der Waals surface area (Å²) in [5, 5.41) is 0. The molecule has 1 aliphatic carbocycles. The highest BCUT2D eigenvalue weighted by molar-refractivity contribution is 5.48. The molecule has 0 saturated carbocycles. The second-order valence-electron chi connectivity index (χ2n) is 4.99. The first kappa shape index (κ1) is 10.5. The lowest BCUT2D eigenvalue weighted by Crippen LogP contribution is -2.13. The Morgan fingerprint density at radius 1 is 0.882 bits per heavy atom. The van der Waals surface area contributed by atoms with Crippen LogP contribution in [0, 0.1) is 20.8 Å². The Labute approximate surface area is 103 Å². The summed E-state index contributed by atoms with van der Waals surface area (Å²) >= 11 is 0. The molecule has 2 aromatic rings. The zero-order chi connectivity index (χ0) is 12.0. The van der Waals surface area contributed by atoms with Gasteiger partial charge < -0.3 is 0 Å². The molecule has 0 unspecified atom stereocenters. The Hall–Kier alpha value is -1.63.